The predicted octanol–water partition coefficient (Wildman–Crippen LogP) is 3.52. The van der Waals surface area contributed by atoms with Gasteiger partial charge >= 0.3 is 5.13 Å². The Morgan fingerprint density at radius 1 is 1.23 bits per heavy atom. The fourth-order valence-electron chi connectivity index (χ4n) is 2.72. The zero-order valence-electron chi connectivity index (χ0n) is 12.4. The van der Waals surface area contributed by atoms with Crippen LogP contribution < -0.4 is 9.47 Å². The number of piperidine rings is 1. The summed E-state index contributed by atoms with van der Waals surface area (Å²) in [5, 5.41) is 12.9. The minimum absolute atomic E-state index is 0.108. The number of benzene rings is 1. The molecule has 0 saturated carbocycles. The van der Waals surface area contributed by atoms with E-state index in [1.54, 1.807) is 35.6 Å². The summed E-state index contributed by atoms with van der Waals surface area (Å²) in [6, 6.07) is 6.67. The quantitative estimate of drug-likeness (QED) is 0.404. The highest BCUT2D eigenvalue weighted by molar-refractivity contribution is 7.80. The van der Waals surface area contributed by atoms with E-state index in [2.05, 4.69) is 29.0 Å². The number of nitrogens with zero attached hydrogens (tertiary/aromatic N) is 3. The van der Waals surface area contributed by atoms with Gasteiger partial charge in [0, 0.05) is 12.1 Å². The number of hydrogen-bond donors (Lipinski definition) is 1. The van der Waals surface area contributed by atoms with Crippen LogP contribution in [0.5, 0.6) is 0 Å². The van der Waals surface area contributed by atoms with Crippen molar-refractivity contribution in [3.05, 3.63) is 39.3 Å². The summed E-state index contributed by atoms with van der Waals surface area (Å²) in [4.78, 5) is 14.0. The number of nitro groups is 1. The molecule has 2 heterocycles. The number of non-ortho nitro benzene ring substituents is 1. The standard InChI is InChI=1S/C15H17N3O2S2/c1-11-14(21)17(12-5-7-13(8-6-12)18(19)20)15(22-11)16-9-3-2-4-10-16/h5-8H,2-4,9-10H2,1H3/p+1. The van der Waals surface area contributed by atoms with Gasteiger partial charge in [0.05, 0.1) is 22.9 Å². The Morgan fingerprint density at radius 3 is 2.45 bits per heavy atom. The Labute approximate surface area is 138 Å². The molecule has 0 unspecified atom stereocenters. The SMILES string of the molecule is Cc1sc(N2CCCCC2)[n+](-c2ccc([N+](=O)[O-])cc2)c1S. The van der Waals surface area contributed by atoms with Gasteiger partial charge < -0.3 is 0 Å². The lowest BCUT2D eigenvalue weighted by molar-refractivity contribution is -0.618. The number of thiol groups is 1. The number of aromatic nitrogens is 1. The van der Waals surface area contributed by atoms with Gasteiger partial charge in [-0.05, 0) is 38.3 Å². The third-order valence-electron chi connectivity index (χ3n) is 3.91. The van der Waals surface area contributed by atoms with Crippen molar-refractivity contribution < 1.29 is 9.49 Å². The van der Waals surface area contributed by atoms with Gasteiger partial charge in [-0.25, -0.2) is 0 Å². The normalized spacial score (nSPS) is 15.1. The van der Waals surface area contributed by atoms with Crippen LogP contribution in [-0.2, 0) is 0 Å². The molecule has 7 heteroatoms. The summed E-state index contributed by atoms with van der Waals surface area (Å²) < 4.78 is 2.10. The van der Waals surface area contributed by atoms with Gasteiger partial charge in [-0.3, -0.25) is 15.0 Å². The average molecular weight is 336 g/mol. The highest BCUT2D eigenvalue weighted by atomic mass is 32.1. The minimum Gasteiger partial charge on any atom is -0.258 e. The van der Waals surface area contributed by atoms with Gasteiger partial charge in [0.25, 0.3) is 5.69 Å². The number of anilines is 1. The van der Waals surface area contributed by atoms with Gasteiger partial charge in [-0.2, -0.15) is 4.57 Å². The van der Waals surface area contributed by atoms with Crippen LogP contribution in [0.25, 0.3) is 5.69 Å². The molecule has 1 aliphatic heterocycles. The van der Waals surface area contributed by atoms with Crippen LogP contribution in [0.15, 0.2) is 29.3 Å². The second kappa shape index (κ2) is 6.26. The van der Waals surface area contributed by atoms with Gasteiger partial charge in [0.1, 0.15) is 5.69 Å². The van der Waals surface area contributed by atoms with Crippen molar-refractivity contribution in [1.29, 1.82) is 0 Å². The molecular formula is C15H18N3O2S2+. The first-order chi connectivity index (χ1) is 10.6. The third-order valence-corrected chi connectivity index (χ3v) is 5.72. The number of aryl methyl sites for hydroxylation is 1. The number of hydrogen-bond acceptors (Lipinski definition) is 5. The molecule has 0 bridgehead atoms. The zero-order valence-corrected chi connectivity index (χ0v) is 14.1. The second-order valence-corrected chi connectivity index (χ2v) is 7.03. The summed E-state index contributed by atoms with van der Waals surface area (Å²) in [5.74, 6) is 0. The maximum absolute atomic E-state index is 10.8. The van der Waals surface area contributed by atoms with Crippen molar-refractivity contribution in [2.75, 3.05) is 18.0 Å². The van der Waals surface area contributed by atoms with Crippen LogP contribution in [0.1, 0.15) is 24.1 Å². The fraction of sp³-hybridized carbons (Fsp3) is 0.400. The lowest BCUT2D eigenvalue weighted by atomic mass is 10.1. The highest BCUT2D eigenvalue weighted by Crippen LogP contribution is 2.30. The van der Waals surface area contributed by atoms with Crippen LogP contribution in [0.2, 0.25) is 0 Å². The molecule has 1 fully saturated rings. The van der Waals surface area contributed by atoms with E-state index in [-0.39, 0.29) is 10.6 Å². The van der Waals surface area contributed by atoms with E-state index < -0.39 is 0 Å². The molecule has 0 aliphatic carbocycles. The minimum atomic E-state index is -0.375. The molecule has 5 nitrogen and oxygen atoms in total. The van der Waals surface area contributed by atoms with Crippen molar-refractivity contribution in [3.8, 4) is 5.69 Å². The number of nitro benzene ring substituents is 1. The van der Waals surface area contributed by atoms with E-state index in [1.807, 2.05) is 0 Å². The number of thiazole rings is 1. The lowest BCUT2D eigenvalue weighted by Gasteiger charge is -2.21. The summed E-state index contributed by atoms with van der Waals surface area (Å²) in [7, 11) is 0. The van der Waals surface area contributed by atoms with Crippen LogP contribution in [-0.4, -0.2) is 18.0 Å². The Bertz CT molecular complexity index is 692. The third kappa shape index (κ3) is 2.83. The molecule has 3 rings (SSSR count). The molecule has 1 aliphatic rings. The molecule has 1 saturated heterocycles. The first-order valence-corrected chi connectivity index (χ1v) is 8.58. The summed E-state index contributed by atoms with van der Waals surface area (Å²) >= 11 is 6.37. The van der Waals surface area contributed by atoms with Crippen LogP contribution in [0, 0.1) is 17.0 Å². The van der Waals surface area contributed by atoms with Crippen LogP contribution >= 0.6 is 24.0 Å². The van der Waals surface area contributed by atoms with Crippen molar-refractivity contribution in [3.63, 3.8) is 0 Å². The molecule has 0 N–H and O–H groups in total. The Hall–Kier alpha value is -1.60. The molecule has 22 heavy (non-hydrogen) atoms. The summed E-state index contributed by atoms with van der Waals surface area (Å²) in [6.07, 6.45) is 3.70. The summed E-state index contributed by atoms with van der Waals surface area (Å²) in [6.45, 7) is 4.17. The Kier molecular flexibility index (Phi) is 4.35. The molecule has 116 valence electrons. The smallest absolute Gasteiger partial charge is 0.258 e. The van der Waals surface area contributed by atoms with E-state index in [4.69, 9.17) is 0 Å². The highest BCUT2D eigenvalue weighted by Gasteiger charge is 2.29. The van der Waals surface area contributed by atoms with Gasteiger partial charge in [-0.15, -0.1) is 0 Å². The molecule has 1 aromatic heterocycles. The van der Waals surface area contributed by atoms with E-state index in [0.717, 1.165) is 33.8 Å². The second-order valence-electron chi connectivity index (χ2n) is 5.42. The van der Waals surface area contributed by atoms with E-state index >= 15 is 0 Å². The van der Waals surface area contributed by atoms with Crippen molar-refractivity contribution in [2.24, 2.45) is 0 Å². The first-order valence-electron chi connectivity index (χ1n) is 7.32. The van der Waals surface area contributed by atoms with E-state index in [1.165, 1.54) is 19.3 Å². The topological polar surface area (TPSA) is 50.3 Å². The monoisotopic (exact) mass is 336 g/mol. The molecule has 2 aromatic rings. The zero-order chi connectivity index (χ0) is 15.7. The average Bonchev–Trinajstić information content (AvgIpc) is 2.84. The van der Waals surface area contributed by atoms with Crippen molar-refractivity contribution >= 4 is 34.8 Å². The maximum atomic E-state index is 10.8. The van der Waals surface area contributed by atoms with E-state index in [0.29, 0.717) is 0 Å². The molecule has 0 amide bonds. The predicted molar refractivity (Wildman–Crippen MR) is 90.6 cm³/mol. The lowest BCUT2D eigenvalue weighted by Crippen LogP contribution is -2.41. The molecule has 0 radical (unpaired) electrons. The molecule has 0 atom stereocenters. The molecular weight excluding hydrogens is 318 g/mol. The van der Waals surface area contributed by atoms with Gasteiger partial charge in [0.2, 0.25) is 0 Å². The van der Waals surface area contributed by atoms with E-state index in [9.17, 15) is 10.1 Å². The van der Waals surface area contributed by atoms with Crippen molar-refractivity contribution in [1.82, 2.24) is 0 Å². The van der Waals surface area contributed by atoms with Gasteiger partial charge in [0.15, 0.2) is 5.03 Å². The van der Waals surface area contributed by atoms with Gasteiger partial charge in [-0.1, -0.05) is 24.0 Å². The first kappa shape index (κ1) is 15.3. The maximum Gasteiger partial charge on any atom is 0.342 e. The van der Waals surface area contributed by atoms with Crippen LogP contribution in [0.4, 0.5) is 10.8 Å². The fourth-order valence-corrected chi connectivity index (χ4v) is 4.19. The largest absolute Gasteiger partial charge is 0.342 e. The molecule has 0 spiro atoms. The summed E-state index contributed by atoms with van der Waals surface area (Å²) in [5.41, 5.74) is 1.03. The van der Waals surface area contributed by atoms with Crippen molar-refractivity contribution in [2.45, 2.75) is 31.2 Å². The Morgan fingerprint density at radius 2 is 1.86 bits per heavy atom. The molecule has 1 aromatic carbocycles. The number of rotatable bonds is 3. The Balaban J connectivity index is 2.03. The van der Waals surface area contributed by atoms with Crippen LogP contribution in [0.3, 0.4) is 0 Å².